The second-order valence-corrected chi connectivity index (χ2v) is 3.66. The average Bonchev–Trinajstić information content (AvgIpc) is 1.98. The molecule has 0 fully saturated rings. The van der Waals surface area contributed by atoms with Crippen LogP contribution in [0.4, 0.5) is 0 Å². The molecule has 0 rings (SSSR count). The lowest BCUT2D eigenvalue weighted by Gasteiger charge is -2.23. The molecule has 1 atom stereocenters. The number of quaternary nitrogens is 1. The van der Waals surface area contributed by atoms with Crippen LogP contribution in [-0.2, 0) is 14.1 Å². The van der Waals surface area contributed by atoms with E-state index in [4.69, 9.17) is 13.9 Å². The predicted octanol–water partition coefficient (Wildman–Crippen LogP) is -0.694. The fourth-order valence-corrected chi connectivity index (χ4v) is 0.765. The second kappa shape index (κ2) is 5.49. The Bertz CT molecular complexity index is 159. The number of nitrogens with zero attached hydrogens (tertiary/aromatic N) is 1. The summed E-state index contributed by atoms with van der Waals surface area (Å²) in [6, 6.07) is 0. The quantitative estimate of drug-likeness (QED) is 0.151. The lowest BCUT2D eigenvalue weighted by molar-refractivity contribution is -0.947. The van der Waals surface area contributed by atoms with Crippen LogP contribution in [0, 0.1) is 0 Å². The van der Waals surface area contributed by atoms with Gasteiger partial charge in [0.15, 0.2) is 0 Å². The second-order valence-electron chi connectivity index (χ2n) is 2.12. The van der Waals surface area contributed by atoms with E-state index in [2.05, 4.69) is 10.1 Å². The number of carbonyl (C=O) groups is 1. The van der Waals surface area contributed by atoms with Crippen molar-refractivity contribution in [3.8, 4) is 0 Å². The van der Waals surface area contributed by atoms with E-state index in [1.807, 2.05) is 0 Å². The van der Waals surface area contributed by atoms with Gasteiger partial charge in [0.25, 0.3) is 8.96 Å². The first-order valence-electron chi connectivity index (χ1n) is 3.34. The minimum absolute atomic E-state index is 0.00812. The van der Waals surface area contributed by atoms with Crippen molar-refractivity contribution in [3.05, 3.63) is 0 Å². The molecule has 2 radical (unpaired) electrons. The highest BCUT2D eigenvalue weighted by molar-refractivity contribution is 7.25. The lowest BCUT2D eigenvalue weighted by Crippen LogP contribution is -2.30. The Morgan fingerprint density at radius 2 is 2.55 bits per heavy atom. The molecule has 0 aliphatic heterocycles. The molecule has 62 valence electrons. The summed E-state index contributed by atoms with van der Waals surface area (Å²) in [6.07, 6.45) is -0.876. The van der Waals surface area contributed by atoms with Crippen molar-refractivity contribution in [1.29, 1.82) is 0 Å². The van der Waals surface area contributed by atoms with E-state index in [9.17, 15) is 4.79 Å². The van der Waals surface area contributed by atoms with Crippen LogP contribution in [0.1, 0.15) is 1.37 Å². The average molecular weight is 178 g/mol. The minimum atomic E-state index is -0.876. The Labute approximate surface area is 70.3 Å². The van der Waals surface area contributed by atoms with Gasteiger partial charge in [-0.15, -0.1) is 0 Å². The van der Waals surface area contributed by atoms with Gasteiger partial charge in [0.05, 0.1) is 14.1 Å². The molecular formula is C4H11BN2O3P+. The molecule has 5 nitrogen and oxygen atoms in total. The fraction of sp³-hybridized carbons (Fsp3) is 0.750. The maximum absolute atomic E-state index is 10.1. The molecule has 1 N–H and O–H groups in total. The van der Waals surface area contributed by atoms with Gasteiger partial charge in [0.2, 0.25) is 6.39 Å². The van der Waals surface area contributed by atoms with Gasteiger partial charge in [-0.3, -0.25) is 14.1 Å². The van der Waals surface area contributed by atoms with Crippen LogP contribution in [0.2, 0.25) is 0 Å². The summed E-state index contributed by atoms with van der Waals surface area (Å²) < 4.78 is 16.0. The first-order chi connectivity index (χ1) is 5.48. The number of hydrogen-bond acceptors (Lipinski definition) is 3. The van der Waals surface area contributed by atoms with Gasteiger partial charge >= 0.3 is 8.05 Å². The Morgan fingerprint density at radius 3 is 3.00 bits per heavy atom. The van der Waals surface area contributed by atoms with Crippen molar-refractivity contribution in [2.75, 3.05) is 20.8 Å². The third-order valence-corrected chi connectivity index (χ3v) is 1.58. The summed E-state index contributed by atoms with van der Waals surface area (Å²) in [5.74, 6) is 0. The minimum Gasteiger partial charge on any atom is -0.335 e. The molecule has 0 saturated heterocycles. The molecule has 1 unspecified atom stereocenters. The Morgan fingerprint density at radius 1 is 1.91 bits per heavy atom. The monoisotopic (exact) mass is 178 g/mol. The molecule has 1 amide bonds. The lowest BCUT2D eigenvalue weighted by atomic mass is 10.6. The first kappa shape index (κ1) is 8.94. The summed E-state index contributed by atoms with van der Waals surface area (Å²) >= 11 is 0. The van der Waals surface area contributed by atoms with Crippen molar-refractivity contribution >= 4 is 23.4 Å². The molecule has 0 heterocycles. The van der Waals surface area contributed by atoms with Crippen molar-refractivity contribution in [2.45, 2.75) is 0 Å². The van der Waals surface area contributed by atoms with E-state index in [0.717, 1.165) is 0 Å². The molecule has 0 aliphatic rings. The molecular weight excluding hydrogens is 166 g/mol. The van der Waals surface area contributed by atoms with E-state index >= 15 is 0 Å². The number of hydroxylamine groups is 2. The van der Waals surface area contributed by atoms with Crippen LogP contribution in [0.25, 0.3) is 0 Å². The normalized spacial score (nSPS) is 13.5. The fourth-order valence-electron chi connectivity index (χ4n) is 0.275. The Kier molecular flexibility index (Phi) is 4.46. The maximum Gasteiger partial charge on any atom is 0.379 e. The molecule has 0 saturated carbocycles. The van der Waals surface area contributed by atoms with Crippen molar-refractivity contribution in [2.24, 2.45) is 0 Å². The van der Waals surface area contributed by atoms with E-state index in [-0.39, 0.29) is 20.1 Å². The first-order valence-corrected chi connectivity index (χ1v) is 3.69. The third-order valence-electron chi connectivity index (χ3n) is 0.764. The van der Waals surface area contributed by atoms with Gasteiger partial charge in [-0.2, -0.15) is 4.42 Å². The van der Waals surface area contributed by atoms with Gasteiger partial charge in [0, 0.05) is 0 Å². The van der Waals surface area contributed by atoms with Crippen molar-refractivity contribution in [3.63, 3.8) is 0 Å². The number of hydrogen-bond donors (Lipinski definition) is 1. The van der Waals surface area contributed by atoms with E-state index in [1.54, 1.807) is 14.1 Å². The maximum atomic E-state index is 10.1. The van der Waals surface area contributed by atoms with E-state index in [1.165, 1.54) is 0 Å². The van der Waals surface area contributed by atoms with Crippen LogP contribution < -0.4 is 5.32 Å². The largest absolute Gasteiger partial charge is 0.379 e. The predicted molar refractivity (Wildman–Crippen MR) is 42.4 cm³/mol. The summed E-state index contributed by atoms with van der Waals surface area (Å²) in [6.45, 7) is -0.00812. The zero-order chi connectivity index (χ0) is 9.61. The molecule has 0 spiro atoms. The highest BCUT2D eigenvalue weighted by Gasteiger charge is 2.14. The number of rotatable bonds is 5. The molecule has 7 heteroatoms. The van der Waals surface area contributed by atoms with Gasteiger partial charge in [0.1, 0.15) is 8.10 Å². The van der Waals surface area contributed by atoms with Crippen LogP contribution in [0.3, 0.4) is 0 Å². The zero-order valence-electron chi connectivity index (χ0n) is 7.46. The topological polar surface area (TPSA) is 47.6 Å². The highest BCUT2D eigenvalue weighted by atomic mass is 31.1. The van der Waals surface area contributed by atoms with Gasteiger partial charge in [-0.1, -0.05) is 0 Å². The summed E-state index contributed by atoms with van der Waals surface area (Å²) in [4.78, 5) is 10.1. The van der Waals surface area contributed by atoms with Gasteiger partial charge in [-0.05, 0) is 0 Å². The van der Waals surface area contributed by atoms with Crippen LogP contribution >= 0.6 is 8.96 Å². The van der Waals surface area contributed by atoms with Crippen LogP contribution in [0.5, 0.6) is 0 Å². The van der Waals surface area contributed by atoms with Gasteiger partial charge < -0.3 is 5.32 Å². The third kappa shape index (κ3) is 6.25. The van der Waals surface area contributed by atoms with E-state index < -0.39 is 6.39 Å². The standard InChI is InChI=1S/C4H10BN2O3P/c1-7(2,10-5)11-9-4-6-3-8/h3,11H,4H2,1-2H3/p+1/i3D. The summed E-state index contributed by atoms with van der Waals surface area (Å²) in [5.41, 5.74) is 0. The molecule has 0 aliphatic carbocycles. The smallest absolute Gasteiger partial charge is 0.335 e. The number of amides is 1. The molecule has 11 heavy (non-hydrogen) atoms. The SMILES string of the molecule is [2H]C(=O)NCOP[N+](C)(C)O[B]. The Balaban J connectivity index is 3.37. The molecule has 0 aromatic heterocycles. The highest BCUT2D eigenvalue weighted by Crippen LogP contribution is 2.23. The van der Waals surface area contributed by atoms with Crippen LogP contribution in [-0.4, -0.2) is 39.7 Å². The van der Waals surface area contributed by atoms with Crippen molar-refractivity contribution < 1.29 is 19.9 Å². The molecule has 0 bridgehead atoms. The number of carbonyl (C=O) groups excluding carboxylic acids is 1. The van der Waals surface area contributed by atoms with Gasteiger partial charge in [-0.25, -0.2) is 0 Å². The van der Waals surface area contributed by atoms with Crippen molar-refractivity contribution in [1.82, 2.24) is 5.32 Å². The molecule has 0 aromatic carbocycles. The summed E-state index contributed by atoms with van der Waals surface area (Å²) in [7, 11) is 8.26. The zero-order valence-corrected chi connectivity index (χ0v) is 7.46. The summed E-state index contributed by atoms with van der Waals surface area (Å²) in [5, 5.41) is 2.15. The van der Waals surface area contributed by atoms with E-state index in [0.29, 0.717) is 0 Å². The molecule has 0 aromatic rings. The number of nitrogens with one attached hydrogen (secondary N) is 1. The van der Waals surface area contributed by atoms with Crippen LogP contribution in [0.15, 0.2) is 0 Å². The Hall–Kier alpha value is -0.155.